The van der Waals surface area contributed by atoms with Gasteiger partial charge in [0.25, 0.3) is 5.91 Å². The van der Waals surface area contributed by atoms with E-state index in [9.17, 15) is 22.8 Å². The zero-order valence-electron chi connectivity index (χ0n) is 21.6. The van der Waals surface area contributed by atoms with Crippen molar-refractivity contribution < 1.29 is 32.0 Å². The third-order valence-electron chi connectivity index (χ3n) is 6.97. The highest BCUT2D eigenvalue weighted by Gasteiger charge is 2.48. The Balaban J connectivity index is 1.58. The van der Waals surface area contributed by atoms with E-state index in [1.54, 1.807) is 6.07 Å². The van der Waals surface area contributed by atoms with Gasteiger partial charge < -0.3 is 4.90 Å². The second kappa shape index (κ2) is 11.6. The lowest BCUT2D eigenvalue weighted by atomic mass is 9.89. The Morgan fingerprint density at radius 1 is 1.10 bits per heavy atom. The minimum atomic E-state index is -4.77. The molecule has 39 heavy (non-hydrogen) atoms. The largest absolute Gasteiger partial charge is 0.417 e. The SMILES string of the molecule is CN(C)CCCONC(=O)c1ccc(N2C(=O)N(c3ccc(C#N)c(C(F)(F)F)c3)[C@H]3CCCC[C@@H]32)cc1F. The molecule has 1 saturated carbocycles. The van der Waals surface area contributed by atoms with Gasteiger partial charge in [-0.25, -0.2) is 14.7 Å². The van der Waals surface area contributed by atoms with Crippen molar-refractivity contribution in [1.29, 1.82) is 5.26 Å². The quantitative estimate of drug-likeness (QED) is 0.283. The number of nitrogens with zero attached hydrogens (tertiary/aromatic N) is 4. The summed E-state index contributed by atoms with van der Waals surface area (Å²) in [7, 11) is 3.80. The van der Waals surface area contributed by atoms with E-state index in [1.165, 1.54) is 28.0 Å². The van der Waals surface area contributed by atoms with Gasteiger partial charge in [-0.3, -0.25) is 19.4 Å². The van der Waals surface area contributed by atoms with Crippen molar-refractivity contribution in [2.75, 3.05) is 37.0 Å². The Morgan fingerprint density at radius 3 is 2.28 bits per heavy atom. The van der Waals surface area contributed by atoms with Crippen LogP contribution in [0, 0.1) is 17.1 Å². The van der Waals surface area contributed by atoms with Gasteiger partial charge in [0.1, 0.15) is 5.82 Å². The number of carbonyl (C=O) groups is 2. The first kappa shape index (κ1) is 28.3. The Kier molecular flexibility index (Phi) is 8.42. The number of nitrogens with one attached hydrogen (secondary N) is 1. The number of amides is 3. The van der Waals surface area contributed by atoms with Gasteiger partial charge in [-0.05, 0) is 76.3 Å². The molecule has 1 aliphatic carbocycles. The molecule has 1 saturated heterocycles. The molecule has 4 rings (SSSR count). The number of anilines is 2. The molecule has 0 radical (unpaired) electrons. The lowest BCUT2D eigenvalue weighted by molar-refractivity contribution is -0.137. The lowest BCUT2D eigenvalue weighted by Crippen LogP contribution is -2.40. The highest BCUT2D eigenvalue weighted by molar-refractivity contribution is 6.08. The summed E-state index contributed by atoms with van der Waals surface area (Å²) in [4.78, 5) is 35.8. The minimum Gasteiger partial charge on any atom is -0.309 e. The second-order valence-electron chi connectivity index (χ2n) is 9.88. The van der Waals surface area contributed by atoms with Crippen molar-refractivity contribution >= 4 is 23.3 Å². The molecule has 3 amide bonds. The molecule has 1 heterocycles. The number of hydroxylamine groups is 1. The normalized spacial score (nSPS) is 19.3. The Bertz CT molecular complexity index is 1280. The first-order chi connectivity index (χ1) is 18.5. The molecule has 1 aliphatic heterocycles. The fourth-order valence-electron chi connectivity index (χ4n) is 5.17. The molecule has 12 heteroatoms. The van der Waals surface area contributed by atoms with Crippen LogP contribution in [0.4, 0.5) is 33.7 Å². The zero-order chi connectivity index (χ0) is 28.3. The molecule has 2 aromatic rings. The smallest absolute Gasteiger partial charge is 0.309 e. The van der Waals surface area contributed by atoms with Crippen LogP contribution in [0.5, 0.6) is 0 Å². The first-order valence-electron chi connectivity index (χ1n) is 12.6. The van der Waals surface area contributed by atoms with E-state index in [0.717, 1.165) is 37.6 Å². The van der Waals surface area contributed by atoms with E-state index in [1.807, 2.05) is 19.0 Å². The van der Waals surface area contributed by atoms with Gasteiger partial charge in [0.05, 0.1) is 41.5 Å². The molecule has 8 nitrogen and oxygen atoms in total. The Morgan fingerprint density at radius 2 is 1.72 bits per heavy atom. The van der Waals surface area contributed by atoms with E-state index in [2.05, 4.69) is 5.48 Å². The molecule has 0 aromatic heterocycles. The third-order valence-corrected chi connectivity index (χ3v) is 6.97. The fraction of sp³-hybridized carbons (Fsp3) is 0.444. The number of benzene rings is 2. The highest BCUT2D eigenvalue weighted by Crippen LogP contribution is 2.42. The van der Waals surface area contributed by atoms with Gasteiger partial charge in [0.15, 0.2) is 0 Å². The van der Waals surface area contributed by atoms with Crippen LogP contribution in [-0.4, -0.2) is 56.2 Å². The van der Waals surface area contributed by atoms with Gasteiger partial charge in [0, 0.05) is 11.4 Å². The van der Waals surface area contributed by atoms with Gasteiger partial charge in [0.2, 0.25) is 0 Å². The molecule has 2 fully saturated rings. The fourth-order valence-corrected chi connectivity index (χ4v) is 5.17. The van der Waals surface area contributed by atoms with E-state index >= 15 is 4.39 Å². The van der Waals surface area contributed by atoms with Crippen molar-refractivity contribution in [3.05, 3.63) is 58.9 Å². The highest BCUT2D eigenvalue weighted by atomic mass is 19.4. The van der Waals surface area contributed by atoms with Crippen molar-refractivity contribution in [1.82, 2.24) is 10.4 Å². The molecule has 2 atom stereocenters. The summed E-state index contributed by atoms with van der Waals surface area (Å²) >= 11 is 0. The summed E-state index contributed by atoms with van der Waals surface area (Å²) in [6.45, 7) is 0.998. The van der Waals surface area contributed by atoms with Gasteiger partial charge >= 0.3 is 12.2 Å². The number of nitriles is 1. The summed E-state index contributed by atoms with van der Waals surface area (Å²) in [5, 5.41) is 9.13. The van der Waals surface area contributed by atoms with E-state index in [0.29, 0.717) is 19.3 Å². The molecular weight excluding hydrogens is 518 g/mol. The maximum absolute atomic E-state index is 15.0. The maximum atomic E-state index is 15.0. The monoisotopic (exact) mass is 547 g/mol. The molecule has 0 unspecified atom stereocenters. The van der Waals surface area contributed by atoms with Crippen LogP contribution < -0.4 is 15.3 Å². The van der Waals surface area contributed by atoms with Crippen molar-refractivity contribution in [3.63, 3.8) is 0 Å². The molecule has 2 aliphatic rings. The number of alkyl halides is 3. The Hall–Kier alpha value is -3.69. The predicted molar refractivity (Wildman–Crippen MR) is 136 cm³/mol. The van der Waals surface area contributed by atoms with Crippen LogP contribution in [0.2, 0.25) is 0 Å². The van der Waals surface area contributed by atoms with Crippen molar-refractivity contribution in [2.24, 2.45) is 0 Å². The topological polar surface area (TPSA) is 88.9 Å². The summed E-state index contributed by atoms with van der Waals surface area (Å²) < 4.78 is 55.9. The average molecular weight is 548 g/mol. The van der Waals surface area contributed by atoms with Gasteiger partial charge in [-0.2, -0.15) is 18.4 Å². The van der Waals surface area contributed by atoms with E-state index in [-0.39, 0.29) is 23.5 Å². The van der Waals surface area contributed by atoms with Crippen molar-refractivity contribution in [3.8, 4) is 6.07 Å². The number of halogens is 4. The molecule has 2 aromatic carbocycles. The number of rotatable bonds is 8. The summed E-state index contributed by atoms with van der Waals surface area (Å²) in [6, 6.07) is 7.10. The van der Waals surface area contributed by atoms with E-state index < -0.39 is 47.1 Å². The van der Waals surface area contributed by atoms with Crippen LogP contribution in [0.25, 0.3) is 0 Å². The number of fused-ring (bicyclic) bond motifs is 1. The first-order valence-corrected chi connectivity index (χ1v) is 12.6. The number of hydrogen-bond acceptors (Lipinski definition) is 5. The minimum absolute atomic E-state index is 0.0219. The summed E-state index contributed by atoms with van der Waals surface area (Å²) in [6.07, 6.45) is -1.39. The predicted octanol–water partition coefficient (Wildman–Crippen LogP) is 5.09. The van der Waals surface area contributed by atoms with Crippen LogP contribution >= 0.6 is 0 Å². The molecule has 1 N–H and O–H groups in total. The number of urea groups is 1. The van der Waals surface area contributed by atoms with Gasteiger partial charge in [-0.1, -0.05) is 12.8 Å². The standard InChI is InChI=1S/C27H29F4N5O3/c1-34(2)12-5-13-39-33-25(37)20-11-10-19(15-22(20)28)36-24-7-4-3-6-23(24)35(26(36)38)18-9-8-17(16-32)21(14-18)27(29,30)31/h8-11,14-15,23-24H,3-7,12-13H2,1-2H3,(H,33,37)/t23-,24-/m0/s1. The second-order valence-corrected chi connectivity index (χ2v) is 9.88. The lowest BCUT2D eigenvalue weighted by Gasteiger charge is -2.32. The van der Waals surface area contributed by atoms with Crippen molar-refractivity contribution in [2.45, 2.75) is 50.4 Å². The molecular formula is C27H29F4N5O3. The van der Waals surface area contributed by atoms with Crippen LogP contribution in [-0.2, 0) is 11.0 Å². The van der Waals surface area contributed by atoms with Gasteiger partial charge in [-0.15, -0.1) is 0 Å². The van der Waals surface area contributed by atoms with Crippen LogP contribution in [0.15, 0.2) is 36.4 Å². The Labute approximate surface area is 223 Å². The zero-order valence-corrected chi connectivity index (χ0v) is 21.6. The van der Waals surface area contributed by atoms with Crippen LogP contribution in [0.3, 0.4) is 0 Å². The molecule has 0 bridgehead atoms. The molecule has 0 spiro atoms. The summed E-state index contributed by atoms with van der Waals surface area (Å²) in [5.41, 5.74) is 0.511. The van der Waals surface area contributed by atoms with Crippen LogP contribution in [0.1, 0.15) is 53.6 Å². The maximum Gasteiger partial charge on any atom is 0.417 e. The average Bonchev–Trinajstić information content (AvgIpc) is 3.18. The number of carbonyl (C=O) groups excluding carboxylic acids is 2. The number of hydrogen-bond donors (Lipinski definition) is 1. The molecule has 208 valence electrons. The van der Waals surface area contributed by atoms with E-state index in [4.69, 9.17) is 10.1 Å². The summed E-state index contributed by atoms with van der Waals surface area (Å²) in [5.74, 6) is -1.63. The third kappa shape index (κ3) is 5.99.